The third-order valence-corrected chi connectivity index (χ3v) is 3.35. The van der Waals surface area contributed by atoms with E-state index in [1.165, 1.54) is 16.3 Å². The van der Waals surface area contributed by atoms with Gasteiger partial charge in [-0.25, -0.2) is 0 Å². The van der Waals surface area contributed by atoms with Gasteiger partial charge >= 0.3 is 0 Å². The summed E-state index contributed by atoms with van der Waals surface area (Å²) in [6, 6.07) is 14.6. The lowest BCUT2D eigenvalue weighted by Gasteiger charge is -2.11. The lowest BCUT2D eigenvalue weighted by molar-refractivity contribution is -0.117. The van der Waals surface area contributed by atoms with Crippen molar-refractivity contribution in [3.8, 4) is 0 Å². The molecule has 3 rings (SSSR count). The molecule has 2 heteroatoms. The van der Waals surface area contributed by atoms with E-state index in [4.69, 9.17) is 4.74 Å². The van der Waals surface area contributed by atoms with Gasteiger partial charge in [0.25, 0.3) is 0 Å². The number of hydrogen-bond acceptors (Lipinski definition) is 2. The molecule has 0 unspecified atom stereocenters. The number of carbonyl (C=O) groups excluding carboxylic acids is 1. The second-order valence-corrected chi connectivity index (χ2v) is 4.48. The van der Waals surface area contributed by atoms with E-state index in [0.29, 0.717) is 0 Å². The summed E-state index contributed by atoms with van der Waals surface area (Å²) in [4.78, 5) is 10.7. The van der Waals surface area contributed by atoms with Gasteiger partial charge in [-0.05, 0) is 35.2 Å². The lowest BCUT2D eigenvalue weighted by atomic mass is 10.0. The number of fused-ring (bicyclic) bond motifs is 1. The van der Waals surface area contributed by atoms with Crippen molar-refractivity contribution in [2.75, 3.05) is 0 Å². The molecule has 2 nitrogen and oxygen atoms in total. The van der Waals surface area contributed by atoms with E-state index in [0.717, 1.165) is 19.1 Å². The van der Waals surface area contributed by atoms with Gasteiger partial charge in [0.1, 0.15) is 12.4 Å². The predicted molar refractivity (Wildman–Crippen MR) is 66.9 cm³/mol. The normalized spacial score (nSPS) is 24.0. The van der Waals surface area contributed by atoms with Crippen molar-refractivity contribution in [2.24, 2.45) is 0 Å². The molecule has 0 radical (unpaired) electrons. The first kappa shape index (κ1) is 10.5. The summed E-state index contributed by atoms with van der Waals surface area (Å²) >= 11 is 0. The van der Waals surface area contributed by atoms with Crippen LogP contribution in [0.25, 0.3) is 10.8 Å². The Kier molecular flexibility index (Phi) is 2.65. The highest BCUT2D eigenvalue weighted by atomic mass is 16.5. The summed E-state index contributed by atoms with van der Waals surface area (Å²) in [5.74, 6) is 0. The molecule has 1 fully saturated rings. The van der Waals surface area contributed by atoms with E-state index in [1.54, 1.807) is 0 Å². The zero-order valence-corrected chi connectivity index (χ0v) is 9.50. The van der Waals surface area contributed by atoms with Crippen LogP contribution in [-0.2, 0) is 9.53 Å². The molecule has 0 saturated carbocycles. The molecule has 2 aromatic carbocycles. The van der Waals surface area contributed by atoms with Crippen molar-refractivity contribution in [1.82, 2.24) is 0 Å². The number of carbonyl (C=O) groups is 1. The van der Waals surface area contributed by atoms with Gasteiger partial charge < -0.3 is 9.53 Å². The van der Waals surface area contributed by atoms with Crippen LogP contribution in [0.15, 0.2) is 42.5 Å². The first-order valence-corrected chi connectivity index (χ1v) is 5.96. The molecule has 0 spiro atoms. The molecule has 2 aromatic rings. The fourth-order valence-corrected chi connectivity index (χ4v) is 2.42. The highest BCUT2D eigenvalue weighted by Crippen LogP contribution is 2.33. The van der Waals surface area contributed by atoms with Crippen molar-refractivity contribution in [3.05, 3.63) is 48.0 Å². The largest absolute Gasteiger partial charge is 0.363 e. The van der Waals surface area contributed by atoms with Gasteiger partial charge in [0, 0.05) is 0 Å². The molecule has 17 heavy (non-hydrogen) atoms. The van der Waals surface area contributed by atoms with E-state index in [1.807, 2.05) is 12.1 Å². The topological polar surface area (TPSA) is 26.3 Å². The molecule has 86 valence electrons. The summed E-state index contributed by atoms with van der Waals surface area (Å²) in [5, 5.41) is 2.46. The fourth-order valence-electron chi connectivity index (χ4n) is 2.42. The Hall–Kier alpha value is -1.67. The average molecular weight is 226 g/mol. The molecule has 0 aliphatic carbocycles. The molecule has 0 aromatic heterocycles. The van der Waals surface area contributed by atoms with Gasteiger partial charge in [-0.2, -0.15) is 0 Å². The summed E-state index contributed by atoms with van der Waals surface area (Å²) < 4.78 is 5.68. The van der Waals surface area contributed by atoms with Crippen molar-refractivity contribution >= 4 is 17.1 Å². The van der Waals surface area contributed by atoms with Crippen molar-refractivity contribution < 1.29 is 9.53 Å². The number of hydrogen-bond donors (Lipinski definition) is 0. The summed E-state index contributed by atoms with van der Waals surface area (Å²) in [7, 11) is 0. The van der Waals surface area contributed by atoms with E-state index >= 15 is 0 Å². The molecular formula is C15H14O2. The van der Waals surface area contributed by atoms with E-state index < -0.39 is 0 Å². The fraction of sp³-hybridized carbons (Fsp3) is 0.267. The maximum absolute atomic E-state index is 10.7. The Bertz CT molecular complexity index is 547. The van der Waals surface area contributed by atoms with E-state index in [2.05, 4.69) is 30.3 Å². The molecule has 0 N–H and O–H groups in total. The highest BCUT2D eigenvalue weighted by Gasteiger charge is 2.25. The van der Waals surface area contributed by atoms with Crippen LogP contribution in [0, 0.1) is 0 Å². The van der Waals surface area contributed by atoms with Gasteiger partial charge in [-0.15, -0.1) is 0 Å². The monoisotopic (exact) mass is 226 g/mol. The molecular weight excluding hydrogens is 212 g/mol. The van der Waals surface area contributed by atoms with Crippen molar-refractivity contribution in [2.45, 2.75) is 25.0 Å². The Morgan fingerprint density at radius 3 is 2.65 bits per heavy atom. The molecule has 1 saturated heterocycles. The van der Waals surface area contributed by atoms with Crippen molar-refractivity contribution in [3.63, 3.8) is 0 Å². The Morgan fingerprint density at radius 2 is 1.88 bits per heavy atom. The predicted octanol–water partition coefficient (Wildman–Crippen LogP) is 3.26. The molecule has 1 heterocycles. The smallest absolute Gasteiger partial charge is 0.148 e. The Labute approximate surface area is 100 Å². The Morgan fingerprint density at radius 1 is 1.06 bits per heavy atom. The van der Waals surface area contributed by atoms with E-state index in [-0.39, 0.29) is 12.2 Å². The van der Waals surface area contributed by atoms with E-state index in [9.17, 15) is 4.79 Å². The van der Waals surface area contributed by atoms with Crippen LogP contribution in [-0.4, -0.2) is 12.4 Å². The summed E-state index contributed by atoms with van der Waals surface area (Å²) in [5.41, 5.74) is 1.17. The number of aldehydes is 1. The number of benzene rings is 2. The summed E-state index contributed by atoms with van der Waals surface area (Å²) in [6.45, 7) is 0. The summed E-state index contributed by atoms with van der Waals surface area (Å²) in [6.07, 6.45) is 2.53. The minimum Gasteiger partial charge on any atom is -0.363 e. The zero-order chi connectivity index (χ0) is 11.7. The molecule has 2 atom stereocenters. The molecule has 0 bridgehead atoms. The number of rotatable bonds is 2. The number of ether oxygens (including phenoxy) is 1. The SMILES string of the molecule is O=C[C@H]1CC[C@@H](c2ccc3ccccc3c2)O1. The van der Waals surface area contributed by atoms with Crippen molar-refractivity contribution in [1.29, 1.82) is 0 Å². The first-order valence-electron chi connectivity index (χ1n) is 5.96. The highest BCUT2D eigenvalue weighted by molar-refractivity contribution is 5.83. The van der Waals surface area contributed by atoms with Gasteiger partial charge in [0.15, 0.2) is 0 Å². The van der Waals surface area contributed by atoms with Gasteiger partial charge in [-0.3, -0.25) is 0 Å². The standard InChI is InChI=1S/C15H14O2/c16-10-14-7-8-15(17-14)13-6-5-11-3-1-2-4-12(11)9-13/h1-6,9-10,14-15H,7-8H2/t14-,15+/m1/s1. The molecule has 1 aliphatic rings. The van der Waals surface area contributed by atoms with Crippen LogP contribution in [0.1, 0.15) is 24.5 Å². The minimum atomic E-state index is -0.216. The molecule has 0 amide bonds. The van der Waals surface area contributed by atoms with Crippen LogP contribution in [0.2, 0.25) is 0 Å². The van der Waals surface area contributed by atoms with Crippen LogP contribution < -0.4 is 0 Å². The third kappa shape index (κ3) is 1.96. The minimum absolute atomic E-state index is 0.0785. The average Bonchev–Trinajstić information content (AvgIpc) is 2.87. The van der Waals surface area contributed by atoms with Crippen LogP contribution >= 0.6 is 0 Å². The van der Waals surface area contributed by atoms with Gasteiger partial charge in [-0.1, -0.05) is 36.4 Å². The third-order valence-electron chi connectivity index (χ3n) is 3.35. The second-order valence-electron chi connectivity index (χ2n) is 4.48. The molecule has 1 aliphatic heterocycles. The van der Waals surface area contributed by atoms with Crippen LogP contribution in [0.4, 0.5) is 0 Å². The second kappa shape index (κ2) is 4.30. The van der Waals surface area contributed by atoms with Crippen LogP contribution in [0.5, 0.6) is 0 Å². The van der Waals surface area contributed by atoms with Crippen LogP contribution in [0.3, 0.4) is 0 Å². The maximum Gasteiger partial charge on any atom is 0.148 e. The first-order chi connectivity index (χ1) is 8.36. The van der Waals surface area contributed by atoms with Gasteiger partial charge in [0.2, 0.25) is 0 Å². The maximum atomic E-state index is 10.7. The Balaban J connectivity index is 1.93. The zero-order valence-electron chi connectivity index (χ0n) is 9.50. The quantitative estimate of drug-likeness (QED) is 0.735. The van der Waals surface area contributed by atoms with Gasteiger partial charge in [0.05, 0.1) is 6.10 Å². The lowest BCUT2D eigenvalue weighted by Crippen LogP contribution is -2.07.